The standard InChI is InChI=1S/C11H8N2O5/c14-10-8(6-2-1-3-17-6)18-7-4-5(11(15)16)12-9(7)13-10/h1-4,8,12H,(H,13,14)(H,15,16). The van der Waals surface area contributed by atoms with Crippen molar-refractivity contribution in [2.75, 3.05) is 5.32 Å². The highest BCUT2D eigenvalue weighted by Gasteiger charge is 2.33. The number of hydrogen-bond donors (Lipinski definition) is 3. The number of nitrogens with one attached hydrogen (secondary N) is 2. The SMILES string of the molecule is O=C(O)c1cc2c([nH]1)NC(=O)C(c1ccco1)O2. The molecule has 0 saturated carbocycles. The van der Waals surface area contributed by atoms with Gasteiger partial charge in [-0.05, 0) is 12.1 Å². The van der Waals surface area contributed by atoms with Gasteiger partial charge in [0.2, 0.25) is 6.10 Å². The van der Waals surface area contributed by atoms with E-state index in [1.165, 1.54) is 12.3 Å². The molecule has 0 aliphatic carbocycles. The second-order valence-corrected chi connectivity index (χ2v) is 3.73. The van der Waals surface area contributed by atoms with Crippen molar-refractivity contribution in [1.82, 2.24) is 4.98 Å². The third-order valence-corrected chi connectivity index (χ3v) is 2.54. The maximum atomic E-state index is 11.8. The number of carbonyl (C=O) groups excluding carboxylic acids is 1. The Balaban J connectivity index is 1.96. The summed E-state index contributed by atoms with van der Waals surface area (Å²) in [4.78, 5) is 25.1. The number of furan rings is 1. The van der Waals surface area contributed by atoms with Crippen molar-refractivity contribution in [2.45, 2.75) is 6.10 Å². The summed E-state index contributed by atoms with van der Waals surface area (Å²) in [5.41, 5.74) is -0.0552. The maximum Gasteiger partial charge on any atom is 0.352 e. The van der Waals surface area contributed by atoms with Crippen LogP contribution in [-0.4, -0.2) is 22.0 Å². The molecular formula is C11H8N2O5. The van der Waals surface area contributed by atoms with Crippen molar-refractivity contribution < 1.29 is 23.8 Å². The summed E-state index contributed by atoms with van der Waals surface area (Å²) >= 11 is 0. The monoisotopic (exact) mass is 248 g/mol. The Bertz CT molecular complexity index is 613. The van der Waals surface area contributed by atoms with E-state index >= 15 is 0 Å². The molecule has 3 N–H and O–H groups in total. The van der Waals surface area contributed by atoms with Crippen LogP contribution < -0.4 is 10.1 Å². The fraction of sp³-hybridized carbons (Fsp3) is 0.0909. The average molecular weight is 248 g/mol. The lowest BCUT2D eigenvalue weighted by Gasteiger charge is -2.21. The zero-order valence-corrected chi connectivity index (χ0v) is 8.97. The fourth-order valence-electron chi connectivity index (χ4n) is 1.73. The van der Waals surface area contributed by atoms with Gasteiger partial charge in [-0.25, -0.2) is 4.79 Å². The third kappa shape index (κ3) is 1.53. The van der Waals surface area contributed by atoms with Crippen LogP contribution in [0.5, 0.6) is 5.75 Å². The van der Waals surface area contributed by atoms with E-state index in [1.807, 2.05) is 0 Å². The minimum absolute atomic E-state index is 0.0552. The quantitative estimate of drug-likeness (QED) is 0.744. The van der Waals surface area contributed by atoms with Crippen LogP contribution >= 0.6 is 0 Å². The number of aromatic nitrogens is 1. The highest BCUT2D eigenvalue weighted by atomic mass is 16.5. The topological polar surface area (TPSA) is 105 Å². The fourth-order valence-corrected chi connectivity index (χ4v) is 1.73. The zero-order valence-electron chi connectivity index (χ0n) is 8.97. The molecule has 92 valence electrons. The van der Waals surface area contributed by atoms with E-state index in [0.717, 1.165) is 0 Å². The molecule has 3 heterocycles. The van der Waals surface area contributed by atoms with Crippen LogP contribution in [0.4, 0.5) is 5.82 Å². The highest BCUT2D eigenvalue weighted by molar-refractivity contribution is 5.98. The Hall–Kier alpha value is -2.70. The summed E-state index contributed by atoms with van der Waals surface area (Å²) in [5.74, 6) is -0.683. The zero-order chi connectivity index (χ0) is 12.7. The van der Waals surface area contributed by atoms with Gasteiger partial charge in [-0.1, -0.05) is 0 Å². The Morgan fingerprint density at radius 1 is 1.44 bits per heavy atom. The Morgan fingerprint density at radius 2 is 2.28 bits per heavy atom. The second kappa shape index (κ2) is 3.66. The van der Waals surface area contributed by atoms with Crippen molar-refractivity contribution in [3.8, 4) is 5.75 Å². The molecule has 3 rings (SSSR count). The molecule has 0 aromatic carbocycles. The summed E-state index contributed by atoms with van der Waals surface area (Å²) in [6.07, 6.45) is 0.520. The number of carboxylic acids is 1. The average Bonchev–Trinajstić information content (AvgIpc) is 2.95. The first-order valence-corrected chi connectivity index (χ1v) is 5.12. The van der Waals surface area contributed by atoms with E-state index in [2.05, 4.69) is 10.3 Å². The minimum Gasteiger partial charge on any atom is -0.477 e. The van der Waals surface area contributed by atoms with Gasteiger partial charge in [0, 0.05) is 6.07 Å². The first-order chi connectivity index (χ1) is 8.65. The van der Waals surface area contributed by atoms with Gasteiger partial charge in [-0.3, -0.25) is 4.79 Å². The first-order valence-electron chi connectivity index (χ1n) is 5.12. The smallest absolute Gasteiger partial charge is 0.352 e. The van der Waals surface area contributed by atoms with Gasteiger partial charge >= 0.3 is 5.97 Å². The van der Waals surface area contributed by atoms with Crippen molar-refractivity contribution >= 4 is 17.7 Å². The van der Waals surface area contributed by atoms with E-state index in [9.17, 15) is 9.59 Å². The number of amides is 1. The van der Waals surface area contributed by atoms with Crippen LogP contribution in [0.1, 0.15) is 22.4 Å². The molecule has 1 unspecified atom stereocenters. The van der Waals surface area contributed by atoms with Gasteiger partial charge < -0.3 is 24.6 Å². The summed E-state index contributed by atoms with van der Waals surface area (Å²) in [6.45, 7) is 0. The summed E-state index contributed by atoms with van der Waals surface area (Å²) < 4.78 is 10.5. The van der Waals surface area contributed by atoms with Crippen molar-refractivity contribution in [3.63, 3.8) is 0 Å². The van der Waals surface area contributed by atoms with E-state index in [4.69, 9.17) is 14.3 Å². The van der Waals surface area contributed by atoms with Gasteiger partial charge in [-0.15, -0.1) is 0 Å². The lowest BCUT2D eigenvalue weighted by atomic mass is 10.2. The predicted octanol–water partition coefficient (Wildman–Crippen LogP) is 1.38. The summed E-state index contributed by atoms with van der Waals surface area (Å²) in [7, 11) is 0. The number of rotatable bonds is 2. The predicted molar refractivity (Wildman–Crippen MR) is 58.5 cm³/mol. The van der Waals surface area contributed by atoms with Crippen LogP contribution in [-0.2, 0) is 4.79 Å². The van der Waals surface area contributed by atoms with Crippen molar-refractivity contribution in [2.24, 2.45) is 0 Å². The number of anilines is 1. The number of H-pyrrole nitrogens is 1. The summed E-state index contributed by atoms with van der Waals surface area (Å²) in [5, 5.41) is 11.4. The number of ether oxygens (including phenoxy) is 1. The minimum atomic E-state index is -1.13. The molecule has 1 atom stereocenters. The molecule has 0 saturated heterocycles. The van der Waals surface area contributed by atoms with Gasteiger partial charge in [0.25, 0.3) is 5.91 Å². The van der Waals surface area contributed by atoms with Crippen LogP contribution in [0, 0.1) is 0 Å². The molecule has 2 aromatic rings. The Kier molecular flexibility index (Phi) is 2.12. The largest absolute Gasteiger partial charge is 0.477 e. The molecule has 1 aliphatic rings. The number of aromatic amines is 1. The molecule has 0 spiro atoms. The van der Waals surface area contributed by atoms with E-state index in [1.54, 1.807) is 12.1 Å². The third-order valence-electron chi connectivity index (χ3n) is 2.54. The molecule has 2 aromatic heterocycles. The van der Waals surface area contributed by atoms with Gasteiger partial charge in [-0.2, -0.15) is 0 Å². The number of carbonyl (C=O) groups is 2. The molecule has 0 fully saturated rings. The molecule has 7 heteroatoms. The second-order valence-electron chi connectivity index (χ2n) is 3.73. The molecule has 0 bridgehead atoms. The normalized spacial score (nSPS) is 17.8. The number of carboxylic acid groups (broad SMARTS) is 1. The summed E-state index contributed by atoms with van der Waals surface area (Å²) in [6, 6.07) is 4.56. The first kappa shape index (κ1) is 10.5. The van der Waals surface area contributed by atoms with E-state index in [-0.39, 0.29) is 17.3 Å². The molecular weight excluding hydrogens is 240 g/mol. The number of hydrogen-bond acceptors (Lipinski definition) is 4. The van der Waals surface area contributed by atoms with Crippen LogP contribution in [0.15, 0.2) is 28.9 Å². The number of aromatic carboxylic acids is 1. The Labute approximate surface area is 100 Å². The van der Waals surface area contributed by atoms with Gasteiger partial charge in [0.1, 0.15) is 5.69 Å². The molecule has 1 aliphatic heterocycles. The van der Waals surface area contributed by atoms with E-state index in [0.29, 0.717) is 5.76 Å². The Morgan fingerprint density at radius 3 is 2.94 bits per heavy atom. The van der Waals surface area contributed by atoms with Crippen LogP contribution in [0.2, 0.25) is 0 Å². The molecule has 1 amide bonds. The highest BCUT2D eigenvalue weighted by Crippen LogP contribution is 2.35. The molecule has 0 radical (unpaired) electrons. The van der Waals surface area contributed by atoms with Crippen molar-refractivity contribution in [3.05, 3.63) is 35.9 Å². The van der Waals surface area contributed by atoms with Gasteiger partial charge in [0.15, 0.2) is 17.3 Å². The molecule has 7 nitrogen and oxygen atoms in total. The lowest BCUT2D eigenvalue weighted by molar-refractivity contribution is -0.124. The maximum absolute atomic E-state index is 11.8. The van der Waals surface area contributed by atoms with Crippen LogP contribution in [0.25, 0.3) is 0 Å². The van der Waals surface area contributed by atoms with Crippen LogP contribution in [0.3, 0.4) is 0 Å². The van der Waals surface area contributed by atoms with Gasteiger partial charge in [0.05, 0.1) is 6.26 Å². The lowest BCUT2D eigenvalue weighted by Crippen LogP contribution is -2.29. The van der Waals surface area contributed by atoms with Crippen molar-refractivity contribution in [1.29, 1.82) is 0 Å². The molecule has 18 heavy (non-hydrogen) atoms. The van der Waals surface area contributed by atoms with E-state index < -0.39 is 18.0 Å². The number of fused-ring (bicyclic) bond motifs is 1.